The van der Waals surface area contributed by atoms with Crippen LogP contribution >= 0.6 is 7.37 Å². The van der Waals surface area contributed by atoms with Crippen molar-refractivity contribution < 1.29 is 28.5 Å². The van der Waals surface area contributed by atoms with E-state index in [0.717, 1.165) is 12.1 Å². The van der Waals surface area contributed by atoms with Crippen LogP contribution in [0.3, 0.4) is 0 Å². The number of rotatable bonds is 8. The van der Waals surface area contributed by atoms with Gasteiger partial charge in [-0.25, -0.2) is 4.79 Å². The van der Waals surface area contributed by atoms with E-state index in [4.69, 9.17) is 9.26 Å². The molecule has 0 N–H and O–H groups in total. The first-order chi connectivity index (χ1) is 15.2. The summed E-state index contributed by atoms with van der Waals surface area (Å²) in [5.74, 6) is -0.445. The lowest BCUT2D eigenvalue weighted by atomic mass is 10.2. The Morgan fingerprint density at radius 2 is 1.38 bits per heavy atom. The molecular weight excluding hydrogens is 439 g/mol. The Morgan fingerprint density at radius 1 is 0.875 bits per heavy atom. The standard InChI is InChI=1S/C21H17N2O8P/c1-2-30-21(24)15-9-11-18(12-10-15)31-32(29,19-7-3-5-16(13-19)22(25)26)20-8-4-6-17(14-20)23(27)28/h3-14H,2H2,1H3. The van der Waals surface area contributed by atoms with Crippen LogP contribution < -0.4 is 15.1 Å². The van der Waals surface area contributed by atoms with Crippen LogP contribution in [0.25, 0.3) is 0 Å². The lowest BCUT2D eigenvalue weighted by Gasteiger charge is -2.20. The summed E-state index contributed by atoms with van der Waals surface area (Å²) >= 11 is 0. The minimum absolute atomic E-state index is 0.0123. The zero-order valence-electron chi connectivity index (χ0n) is 16.7. The number of ether oxygens (including phenoxy) is 1. The molecule has 0 fully saturated rings. The molecule has 0 heterocycles. The molecule has 0 aliphatic heterocycles. The fourth-order valence-electron chi connectivity index (χ4n) is 2.85. The highest BCUT2D eigenvalue weighted by atomic mass is 31.2. The molecule has 3 aromatic rings. The zero-order chi connectivity index (χ0) is 23.3. The van der Waals surface area contributed by atoms with Gasteiger partial charge in [-0.3, -0.25) is 24.8 Å². The molecule has 0 saturated carbocycles. The van der Waals surface area contributed by atoms with Gasteiger partial charge in [-0.2, -0.15) is 0 Å². The molecule has 0 aromatic heterocycles. The number of benzene rings is 3. The number of nitro groups is 2. The number of carbonyl (C=O) groups is 1. The molecule has 0 amide bonds. The van der Waals surface area contributed by atoms with Gasteiger partial charge in [0.2, 0.25) is 0 Å². The molecule has 10 nitrogen and oxygen atoms in total. The second kappa shape index (κ2) is 9.40. The fraction of sp³-hybridized carbons (Fsp3) is 0.0952. The lowest BCUT2D eigenvalue weighted by molar-refractivity contribution is -0.384. The van der Waals surface area contributed by atoms with E-state index in [9.17, 15) is 29.6 Å². The van der Waals surface area contributed by atoms with Gasteiger partial charge in [0.25, 0.3) is 11.4 Å². The molecule has 0 spiro atoms. The molecule has 3 aromatic carbocycles. The Kier molecular flexibility index (Phi) is 6.65. The lowest BCUT2D eigenvalue weighted by Crippen LogP contribution is -2.21. The highest BCUT2D eigenvalue weighted by Crippen LogP contribution is 2.46. The van der Waals surface area contributed by atoms with Gasteiger partial charge < -0.3 is 9.26 Å². The molecule has 0 atom stereocenters. The van der Waals surface area contributed by atoms with Crippen LogP contribution in [-0.2, 0) is 9.30 Å². The van der Waals surface area contributed by atoms with Gasteiger partial charge in [0.15, 0.2) is 0 Å². The summed E-state index contributed by atoms with van der Waals surface area (Å²) in [5, 5.41) is 22.4. The van der Waals surface area contributed by atoms with Crippen LogP contribution in [0.15, 0.2) is 72.8 Å². The summed E-state index contributed by atoms with van der Waals surface area (Å²) < 4.78 is 24.8. The maximum Gasteiger partial charge on any atom is 0.338 e. The number of carbonyl (C=O) groups excluding carboxylic acids is 1. The Morgan fingerprint density at radius 3 is 1.81 bits per heavy atom. The normalized spacial score (nSPS) is 10.9. The second-order valence-corrected chi connectivity index (χ2v) is 8.76. The van der Waals surface area contributed by atoms with Crippen LogP contribution in [0.4, 0.5) is 11.4 Å². The Bertz CT molecular complexity index is 1160. The third kappa shape index (κ3) is 4.81. The molecule has 0 saturated heterocycles. The monoisotopic (exact) mass is 456 g/mol. The van der Waals surface area contributed by atoms with Crippen molar-refractivity contribution in [1.29, 1.82) is 0 Å². The largest absolute Gasteiger partial charge is 0.462 e. The van der Waals surface area contributed by atoms with Crippen LogP contribution in [0.2, 0.25) is 0 Å². The predicted octanol–water partition coefficient (Wildman–Crippen LogP) is 3.99. The average molecular weight is 456 g/mol. The highest BCUT2D eigenvalue weighted by Gasteiger charge is 2.33. The Hall–Kier alpha value is -4.04. The van der Waals surface area contributed by atoms with Crippen LogP contribution in [0.1, 0.15) is 17.3 Å². The number of hydrogen-bond donors (Lipinski definition) is 0. The molecule has 11 heteroatoms. The smallest absolute Gasteiger partial charge is 0.338 e. The van der Waals surface area contributed by atoms with E-state index in [0.29, 0.717) is 0 Å². The third-order valence-corrected chi connectivity index (χ3v) is 6.74. The summed E-state index contributed by atoms with van der Waals surface area (Å²) in [6.45, 7) is 1.87. The predicted molar refractivity (Wildman–Crippen MR) is 116 cm³/mol. The van der Waals surface area contributed by atoms with Gasteiger partial charge in [0, 0.05) is 24.3 Å². The van der Waals surface area contributed by atoms with Crippen molar-refractivity contribution in [3.05, 3.63) is 98.6 Å². The summed E-state index contributed by atoms with van der Waals surface area (Å²) in [6.07, 6.45) is 0. The number of hydrogen-bond acceptors (Lipinski definition) is 8. The first-order valence-corrected chi connectivity index (χ1v) is 10.9. The molecule has 0 radical (unpaired) electrons. The Labute approximate surface area is 182 Å². The number of nitrogens with zero attached hydrogens (tertiary/aromatic N) is 2. The first-order valence-electron chi connectivity index (χ1n) is 9.31. The van der Waals surface area contributed by atoms with E-state index in [2.05, 4.69) is 0 Å². The maximum atomic E-state index is 14.1. The molecule has 3 rings (SSSR count). The highest BCUT2D eigenvalue weighted by molar-refractivity contribution is 7.74. The second-order valence-electron chi connectivity index (χ2n) is 6.44. The summed E-state index contributed by atoms with van der Waals surface area (Å²) in [4.78, 5) is 33.0. The van der Waals surface area contributed by atoms with Crippen molar-refractivity contribution in [1.82, 2.24) is 0 Å². The third-order valence-electron chi connectivity index (χ3n) is 4.36. The van der Waals surface area contributed by atoms with E-state index in [1.165, 1.54) is 60.7 Å². The molecule has 0 unspecified atom stereocenters. The SMILES string of the molecule is CCOC(=O)c1ccc(OP(=O)(c2cccc([N+](=O)[O-])c2)c2cccc([N+](=O)[O-])c2)cc1. The summed E-state index contributed by atoms with van der Waals surface area (Å²) in [5.41, 5.74) is -0.372. The number of non-ortho nitro benzene ring substituents is 2. The van der Waals surface area contributed by atoms with E-state index in [1.54, 1.807) is 6.92 Å². The molecule has 0 aliphatic rings. The fourth-order valence-corrected chi connectivity index (χ4v) is 4.95. The van der Waals surface area contributed by atoms with Crippen LogP contribution in [-0.4, -0.2) is 22.4 Å². The van der Waals surface area contributed by atoms with Gasteiger partial charge in [0.05, 0.1) is 32.6 Å². The van der Waals surface area contributed by atoms with Gasteiger partial charge in [-0.1, -0.05) is 12.1 Å². The molecule has 32 heavy (non-hydrogen) atoms. The molecule has 0 aliphatic carbocycles. The minimum atomic E-state index is -4.06. The zero-order valence-corrected chi connectivity index (χ0v) is 17.6. The van der Waals surface area contributed by atoms with E-state index in [-0.39, 0.29) is 39.9 Å². The molecule has 164 valence electrons. The molecule has 0 bridgehead atoms. The van der Waals surface area contributed by atoms with Gasteiger partial charge in [0.1, 0.15) is 5.75 Å². The van der Waals surface area contributed by atoms with Crippen molar-refractivity contribution in [2.75, 3.05) is 6.61 Å². The van der Waals surface area contributed by atoms with Gasteiger partial charge in [-0.05, 0) is 43.3 Å². The maximum absolute atomic E-state index is 14.1. The van der Waals surface area contributed by atoms with Crippen LogP contribution in [0.5, 0.6) is 5.75 Å². The van der Waals surface area contributed by atoms with Crippen LogP contribution in [0, 0.1) is 20.2 Å². The quantitative estimate of drug-likeness (QED) is 0.215. The van der Waals surface area contributed by atoms with Crippen molar-refractivity contribution in [3.63, 3.8) is 0 Å². The summed E-state index contributed by atoms with van der Waals surface area (Å²) in [6, 6.07) is 15.8. The number of esters is 1. The van der Waals surface area contributed by atoms with Crippen molar-refractivity contribution in [2.45, 2.75) is 6.92 Å². The average Bonchev–Trinajstić information content (AvgIpc) is 2.79. The van der Waals surface area contributed by atoms with E-state index >= 15 is 0 Å². The van der Waals surface area contributed by atoms with E-state index < -0.39 is 23.2 Å². The van der Waals surface area contributed by atoms with Crippen molar-refractivity contribution >= 4 is 35.3 Å². The Balaban J connectivity index is 2.09. The first kappa shape index (κ1) is 22.6. The van der Waals surface area contributed by atoms with Gasteiger partial charge >= 0.3 is 13.3 Å². The summed E-state index contributed by atoms with van der Waals surface area (Å²) in [7, 11) is -4.06. The molecular formula is C21H17N2O8P. The topological polar surface area (TPSA) is 139 Å². The number of nitro benzene ring substituents is 2. The van der Waals surface area contributed by atoms with E-state index in [1.807, 2.05) is 0 Å². The minimum Gasteiger partial charge on any atom is -0.462 e. The van der Waals surface area contributed by atoms with Gasteiger partial charge in [-0.15, -0.1) is 0 Å². The van der Waals surface area contributed by atoms with Crippen molar-refractivity contribution in [3.8, 4) is 5.75 Å². The van der Waals surface area contributed by atoms with Crippen molar-refractivity contribution in [2.24, 2.45) is 0 Å².